The number of likely N-dealkylation sites (N-methyl/N-ethyl adjacent to an activating group) is 2. The first-order valence-electron chi connectivity index (χ1n) is 12.6. The summed E-state index contributed by atoms with van der Waals surface area (Å²) in [6.45, 7) is 14.4. The maximum absolute atomic E-state index is 13.7. The van der Waals surface area contributed by atoms with Gasteiger partial charge in [-0.05, 0) is 57.5 Å². The average molecular weight is 463 g/mol. The summed E-state index contributed by atoms with van der Waals surface area (Å²) in [5.41, 5.74) is 0.232. The zero-order chi connectivity index (χ0) is 24.9. The van der Waals surface area contributed by atoms with Gasteiger partial charge in [0, 0.05) is 25.7 Å². The van der Waals surface area contributed by atoms with Crippen LogP contribution in [0, 0.1) is 11.3 Å². The Morgan fingerprint density at radius 3 is 2.12 bits per heavy atom. The van der Waals surface area contributed by atoms with Crippen LogP contribution >= 0.6 is 0 Å². The molecule has 2 fully saturated rings. The molecule has 1 N–H and O–H groups in total. The lowest BCUT2D eigenvalue weighted by Crippen LogP contribution is -2.59. The third-order valence-electron chi connectivity index (χ3n) is 7.10. The molecular formula is C26H46N4O3. The van der Waals surface area contributed by atoms with Crippen LogP contribution in [-0.4, -0.2) is 84.3 Å². The molecule has 0 saturated carbocycles. The molecule has 2 saturated heterocycles. The number of rotatable bonds is 7. The number of carbonyl (C=O) groups excluding carboxylic acids is 3. The van der Waals surface area contributed by atoms with Gasteiger partial charge >= 0.3 is 0 Å². The van der Waals surface area contributed by atoms with Gasteiger partial charge < -0.3 is 15.1 Å². The lowest BCUT2D eigenvalue weighted by Gasteiger charge is -2.39. The highest BCUT2D eigenvalue weighted by Gasteiger charge is 2.39. The van der Waals surface area contributed by atoms with E-state index in [-0.39, 0.29) is 35.7 Å². The van der Waals surface area contributed by atoms with Gasteiger partial charge in [0.1, 0.15) is 6.04 Å². The van der Waals surface area contributed by atoms with Crippen LogP contribution in [0.15, 0.2) is 11.6 Å². The molecule has 0 aliphatic carbocycles. The highest BCUT2D eigenvalue weighted by Crippen LogP contribution is 2.25. The molecule has 2 aliphatic heterocycles. The second kappa shape index (κ2) is 11.5. The summed E-state index contributed by atoms with van der Waals surface area (Å²) in [5.74, 6) is -0.0114. The second-order valence-electron chi connectivity index (χ2n) is 11.3. The van der Waals surface area contributed by atoms with Crippen molar-refractivity contribution in [1.82, 2.24) is 20.0 Å². The first-order chi connectivity index (χ1) is 15.3. The summed E-state index contributed by atoms with van der Waals surface area (Å²) in [6.07, 6.45) is 6.98. The van der Waals surface area contributed by atoms with E-state index >= 15 is 0 Å². The van der Waals surface area contributed by atoms with Crippen LogP contribution in [0.1, 0.15) is 73.6 Å². The topological polar surface area (TPSA) is 73.0 Å². The highest BCUT2D eigenvalue weighted by atomic mass is 16.2. The summed E-state index contributed by atoms with van der Waals surface area (Å²) >= 11 is 0. The molecule has 2 aliphatic rings. The van der Waals surface area contributed by atoms with E-state index in [0.717, 1.165) is 51.7 Å². The maximum Gasteiger partial charge on any atom is 0.249 e. The minimum Gasteiger partial charge on any atom is -0.342 e. The Hall–Kier alpha value is -1.89. The molecule has 0 aromatic rings. The smallest absolute Gasteiger partial charge is 0.249 e. The zero-order valence-corrected chi connectivity index (χ0v) is 22.1. The van der Waals surface area contributed by atoms with Crippen LogP contribution < -0.4 is 5.32 Å². The van der Waals surface area contributed by atoms with Crippen LogP contribution in [0.2, 0.25) is 0 Å². The Labute approximate surface area is 200 Å². The van der Waals surface area contributed by atoms with Crippen LogP contribution in [0.25, 0.3) is 0 Å². The van der Waals surface area contributed by atoms with Crippen molar-refractivity contribution in [3.05, 3.63) is 11.6 Å². The monoisotopic (exact) mass is 462 g/mol. The quantitative estimate of drug-likeness (QED) is 0.590. The zero-order valence-electron chi connectivity index (χ0n) is 22.1. The van der Waals surface area contributed by atoms with Gasteiger partial charge in [-0.2, -0.15) is 0 Å². The van der Waals surface area contributed by atoms with Crippen molar-refractivity contribution in [1.29, 1.82) is 0 Å². The lowest BCUT2D eigenvalue weighted by atomic mass is 9.84. The van der Waals surface area contributed by atoms with Gasteiger partial charge in [-0.15, -0.1) is 0 Å². The first-order valence-corrected chi connectivity index (χ1v) is 12.6. The fourth-order valence-corrected chi connectivity index (χ4v) is 4.89. The predicted octanol–water partition coefficient (Wildman–Crippen LogP) is 3.05. The predicted molar refractivity (Wildman–Crippen MR) is 133 cm³/mol. The minimum absolute atomic E-state index is 0.0556. The van der Waals surface area contributed by atoms with E-state index in [1.165, 1.54) is 0 Å². The molecule has 7 nitrogen and oxygen atoms in total. The Morgan fingerprint density at radius 2 is 1.61 bits per heavy atom. The molecule has 33 heavy (non-hydrogen) atoms. The Morgan fingerprint density at radius 1 is 1.03 bits per heavy atom. The van der Waals surface area contributed by atoms with E-state index in [9.17, 15) is 14.4 Å². The molecule has 2 heterocycles. The van der Waals surface area contributed by atoms with Crippen molar-refractivity contribution >= 4 is 17.7 Å². The summed E-state index contributed by atoms with van der Waals surface area (Å²) in [4.78, 5) is 45.4. The molecule has 3 atom stereocenters. The maximum atomic E-state index is 13.7. The summed E-state index contributed by atoms with van der Waals surface area (Å²) in [6, 6.07) is -1.07. The van der Waals surface area contributed by atoms with E-state index in [2.05, 4.69) is 24.1 Å². The molecule has 0 aromatic heterocycles. The van der Waals surface area contributed by atoms with E-state index in [1.54, 1.807) is 11.9 Å². The molecular weight excluding hydrogens is 416 g/mol. The van der Waals surface area contributed by atoms with Crippen molar-refractivity contribution in [2.45, 2.75) is 91.8 Å². The van der Waals surface area contributed by atoms with Gasteiger partial charge in [0.2, 0.25) is 17.7 Å². The Bertz CT molecular complexity index is 734. The lowest BCUT2D eigenvalue weighted by molar-refractivity contribution is -0.141. The van der Waals surface area contributed by atoms with Crippen molar-refractivity contribution in [3.8, 4) is 0 Å². The van der Waals surface area contributed by atoms with E-state index in [4.69, 9.17) is 0 Å². The van der Waals surface area contributed by atoms with Crippen molar-refractivity contribution in [3.63, 3.8) is 0 Å². The summed E-state index contributed by atoms with van der Waals surface area (Å²) < 4.78 is 0. The molecule has 3 amide bonds. The molecule has 7 heteroatoms. The van der Waals surface area contributed by atoms with E-state index in [1.807, 2.05) is 45.7 Å². The number of piperidine rings is 1. The Kier molecular flexibility index (Phi) is 9.53. The van der Waals surface area contributed by atoms with Gasteiger partial charge in [0.25, 0.3) is 0 Å². The normalized spacial score (nSPS) is 22.3. The average Bonchev–Trinajstić information content (AvgIpc) is 3.28. The molecule has 0 aromatic carbocycles. The molecule has 0 spiro atoms. The van der Waals surface area contributed by atoms with Gasteiger partial charge in [0.15, 0.2) is 0 Å². The van der Waals surface area contributed by atoms with Gasteiger partial charge in [0.05, 0.1) is 12.1 Å². The van der Waals surface area contributed by atoms with Crippen LogP contribution in [-0.2, 0) is 14.4 Å². The second-order valence-corrected chi connectivity index (χ2v) is 11.3. The van der Waals surface area contributed by atoms with Crippen molar-refractivity contribution < 1.29 is 14.4 Å². The number of likely N-dealkylation sites (tertiary alicyclic amines) is 2. The third kappa shape index (κ3) is 7.05. The largest absolute Gasteiger partial charge is 0.342 e. The number of hydrogen-bond donors (Lipinski definition) is 1. The third-order valence-corrected chi connectivity index (χ3v) is 7.10. The van der Waals surface area contributed by atoms with E-state index < -0.39 is 11.5 Å². The number of hydrogen-bond acceptors (Lipinski definition) is 4. The Balaban J connectivity index is 2.21. The summed E-state index contributed by atoms with van der Waals surface area (Å²) in [7, 11) is 3.76. The molecule has 3 unspecified atom stereocenters. The fourth-order valence-electron chi connectivity index (χ4n) is 4.89. The fraction of sp³-hybridized carbons (Fsp3) is 0.808. The van der Waals surface area contributed by atoms with E-state index in [0.29, 0.717) is 5.57 Å². The number of amides is 3. The van der Waals surface area contributed by atoms with Crippen molar-refractivity contribution in [2.75, 3.05) is 33.7 Å². The van der Waals surface area contributed by atoms with Crippen LogP contribution in [0.4, 0.5) is 0 Å². The first kappa shape index (κ1) is 27.4. The van der Waals surface area contributed by atoms with Crippen LogP contribution in [0.3, 0.4) is 0 Å². The number of carbonyl (C=O) groups is 3. The molecule has 2 rings (SSSR count). The number of nitrogens with zero attached hydrogens (tertiary/aromatic N) is 3. The minimum atomic E-state index is -0.644. The van der Waals surface area contributed by atoms with Crippen LogP contribution in [0.5, 0.6) is 0 Å². The highest BCUT2D eigenvalue weighted by molar-refractivity contribution is 5.93. The summed E-state index contributed by atoms with van der Waals surface area (Å²) in [5, 5.41) is 3.08. The van der Waals surface area contributed by atoms with Gasteiger partial charge in [-0.3, -0.25) is 19.3 Å². The molecule has 188 valence electrons. The van der Waals surface area contributed by atoms with Gasteiger partial charge in [-0.25, -0.2) is 0 Å². The standard InChI is InChI=1S/C26H46N4O3/c1-18(2)21(17-19(3)24(32)30-15-11-12-16-30)29(8)25(33)22(26(4,5)6)27-23(31)20-13-9-10-14-28(20)7/h17-18,20-22H,9-16H2,1-8H3,(H,27,31)/b19-17+. The SMILES string of the molecule is C/C(=C\C(C(C)C)N(C)C(=O)C(NC(=O)C1CCCCN1C)C(C)(C)C)C(=O)N1CCCC1. The molecule has 0 bridgehead atoms. The number of nitrogens with one attached hydrogen (secondary N) is 1. The molecule has 0 radical (unpaired) electrons. The van der Waals surface area contributed by atoms with Crippen molar-refractivity contribution in [2.24, 2.45) is 11.3 Å². The van der Waals surface area contributed by atoms with Gasteiger partial charge in [-0.1, -0.05) is 47.1 Å².